The summed E-state index contributed by atoms with van der Waals surface area (Å²) < 4.78 is 27.5. The van der Waals surface area contributed by atoms with E-state index in [9.17, 15) is 13.2 Å². The molecule has 1 aliphatic heterocycles. The summed E-state index contributed by atoms with van der Waals surface area (Å²) >= 11 is 13.8. The molecule has 1 unspecified atom stereocenters. The number of sulfonamides is 1. The second-order valence-corrected chi connectivity index (χ2v) is 9.70. The second-order valence-electron chi connectivity index (χ2n) is 5.97. The lowest BCUT2D eigenvalue weighted by Gasteiger charge is -2.18. The quantitative estimate of drug-likeness (QED) is 0.695. The SMILES string of the molecule is C=CCn1c(=NC(=O)C2CCCN2S(C)(=O)=O)sc2c(Cl)ccc(Cl)c21. The number of carbonyl (C=O) groups is 1. The van der Waals surface area contributed by atoms with Gasteiger partial charge >= 0.3 is 0 Å². The van der Waals surface area contributed by atoms with Gasteiger partial charge in [0, 0.05) is 13.1 Å². The molecule has 0 bridgehead atoms. The Morgan fingerprint density at radius 2 is 2.12 bits per heavy atom. The van der Waals surface area contributed by atoms with E-state index >= 15 is 0 Å². The molecule has 0 N–H and O–H groups in total. The molecule has 26 heavy (non-hydrogen) atoms. The van der Waals surface area contributed by atoms with E-state index in [4.69, 9.17) is 23.2 Å². The Morgan fingerprint density at radius 1 is 1.42 bits per heavy atom. The van der Waals surface area contributed by atoms with Gasteiger partial charge in [-0.15, -0.1) is 6.58 Å². The van der Waals surface area contributed by atoms with Crippen molar-refractivity contribution >= 4 is 60.7 Å². The number of amides is 1. The van der Waals surface area contributed by atoms with Gasteiger partial charge in [-0.25, -0.2) is 8.42 Å². The van der Waals surface area contributed by atoms with Crippen LogP contribution in [0.15, 0.2) is 29.8 Å². The second kappa shape index (κ2) is 7.44. The van der Waals surface area contributed by atoms with Gasteiger partial charge in [-0.1, -0.05) is 40.6 Å². The molecule has 2 aromatic rings. The highest BCUT2D eigenvalue weighted by atomic mass is 35.5. The van der Waals surface area contributed by atoms with E-state index in [-0.39, 0.29) is 0 Å². The first kappa shape index (κ1) is 19.6. The normalized spacial score (nSPS) is 19.3. The minimum absolute atomic E-state index is 0.335. The predicted molar refractivity (Wildman–Crippen MR) is 105 cm³/mol. The highest BCUT2D eigenvalue weighted by molar-refractivity contribution is 7.88. The Labute approximate surface area is 165 Å². The number of aromatic nitrogens is 1. The number of thiazole rings is 1. The summed E-state index contributed by atoms with van der Waals surface area (Å²) in [5, 5.41) is 1.01. The monoisotopic (exact) mass is 433 g/mol. The van der Waals surface area contributed by atoms with Crippen molar-refractivity contribution < 1.29 is 13.2 Å². The molecule has 0 saturated carbocycles. The standard InChI is InChI=1S/C16H17Cl2N3O3S2/c1-3-8-20-13-10(17)6-7-11(18)14(13)25-16(20)19-15(22)12-5-4-9-21(12)26(2,23)24/h3,6-7,12H,1,4-5,8-9H2,2H3. The summed E-state index contributed by atoms with van der Waals surface area (Å²) in [5.74, 6) is -0.482. The van der Waals surface area contributed by atoms with Crippen LogP contribution in [0.5, 0.6) is 0 Å². The fraction of sp³-hybridized carbons (Fsp3) is 0.375. The van der Waals surface area contributed by atoms with Gasteiger partial charge in [0.2, 0.25) is 10.0 Å². The van der Waals surface area contributed by atoms with Crippen molar-refractivity contribution in [3.63, 3.8) is 0 Å². The van der Waals surface area contributed by atoms with Crippen molar-refractivity contribution in [1.29, 1.82) is 0 Å². The van der Waals surface area contributed by atoms with Gasteiger partial charge in [-0.05, 0) is 25.0 Å². The van der Waals surface area contributed by atoms with E-state index < -0.39 is 22.0 Å². The summed E-state index contributed by atoms with van der Waals surface area (Å²) in [7, 11) is -3.46. The molecule has 1 aromatic carbocycles. The molecule has 1 fully saturated rings. The number of halogens is 2. The van der Waals surface area contributed by atoms with Crippen molar-refractivity contribution in [3.05, 3.63) is 39.6 Å². The minimum atomic E-state index is -3.46. The van der Waals surface area contributed by atoms with E-state index in [0.717, 1.165) is 11.0 Å². The van der Waals surface area contributed by atoms with Gasteiger partial charge in [-0.3, -0.25) is 4.79 Å². The highest BCUT2D eigenvalue weighted by Crippen LogP contribution is 2.32. The molecular formula is C16H17Cl2N3O3S2. The minimum Gasteiger partial charge on any atom is -0.311 e. The summed E-state index contributed by atoms with van der Waals surface area (Å²) in [4.78, 5) is 17.3. The van der Waals surface area contributed by atoms with Gasteiger partial charge in [0.15, 0.2) is 4.80 Å². The smallest absolute Gasteiger partial charge is 0.266 e. The fourth-order valence-corrected chi connectivity index (χ4v) is 5.83. The number of nitrogens with zero attached hydrogens (tertiary/aromatic N) is 3. The Morgan fingerprint density at radius 3 is 2.77 bits per heavy atom. The predicted octanol–water partition coefficient (Wildman–Crippen LogP) is 3.05. The molecule has 1 amide bonds. The Kier molecular flexibility index (Phi) is 5.60. The zero-order chi connectivity index (χ0) is 19.1. The van der Waals surface area contributed by atoms with Gasteiger partial charge in [0.05, 0.1) is 26.5 Å². The van der Waals surface area contributed by atoms with Crippen LogP contribution in [0, 0.1) is 0 Å². The largest absolute Gasteiger partial charge is 0.311 e. The lowest BCUT2D eigenvalue weighted by Crippen LogP contribution is -2.39. The van der Waals surface area contributed by atoms with E-state index in [1.807, 2.05) is 0 Å². The lowest BCUT2D eigenvalue weighted by molar-refractivity contribution is -0.121. The molecule has 6 nitrogen and oxygen atoms in total. The Bertz CT molecular complexity index is 1060. The zero-order valence-corrected chi connectivity index (χ0v) is 17.1. The van der Waals surface area contributed by atoms with Crippen LogP contribution >= 0.6 is 34.5 Å². The maximum absolute atomic E-state index is 12.7. The summed E-state index contributed by atoms with van der Waals surface area (Å²) in [6, 6.07) is 2.61. The third-order valence-electron chi connectivity index (χ3n) is 4.16. The molecule has 2 heterocycles. The van der Waals surface area contributed by atoms with E-state index in [0.29, 0.717) is 46.3 Å². The summed E-state index contributed by atoms with van der Waals surface area (Å²) in [6.45, 7) is 4.46. The summed E-state index contributed by atoms with van der Waals surface area (Å²) in [5.41, 5.74) is 0.682. The number of hydrogen-bond acceptors (Lipinski definition) is 4. The average molecular weight is 434 g/mol. The molecule has 1 aromatic heterocycles. The van der Waals surface area contributed by atoms with Gasteiger partial charge in [0.25, 0.3) is 5.91 Å². The molecule has 1 aliphatic rings. The van der Waals surface area contributed by atoms with E-state index in [1.54, 1.807) is 22.8 Å². The van der Waals surface area contributed by atoms with Crippen molar-refractivity contribution in [2.24, 2.45) is 4.99 Å². The molecule has 1 atom stereocenters. The molecule has 1 saturated heterocycles. The number of rotatable bonds is 4. The summed E-state index contributed by atoms with van der Waals surface area (Å²) in [6.07, 6.45) is 3.87. The first-order valence-electron chi connectivity index (χ1n) is 7.87. The Hall–Kier alpha value is -1.19. The van der Waals surface area contributed by atoms with Crippen LogP contribution in [-0.2, 0) is 21.4 Å². The average Bonchev–Trinajstić information content (AvgIpc) is 3.17. The number of carbonyl (C=O) groups excluding carboxylic acids is 1. The maximum Gasteiger partial charge on any atom is 0.266 e. The van der Waals surface area contributed by atoms with Crippen LogP contribution in [0.4, 0.5) is 0 Å². The first-order chi connectivity index (χ1) is 12.2. The lowest BCUT2D eigenvalue weighted by atomic mass is 10.2. The van der Waals surface area contributed by atoms with E-state index in [1.165, 1.54) is 15.6 Å². The third-order valence-corrected chi connectivity index (χ3v) is 7.29. The van der Waals surface area contributed by atoms with Crippen LogP contribution in [0.25, 0.3) is 10.2 Å². The van der Waals surface area contributed by atoms with Crippen molar-refractivity contribution in [3.8, 4) is 0 Å². The zero-order valence-electron chi connectivity index (χ0n) is 14.0. The molecule has 0 radical (unpaired) electrons. The van der Waals surface area contributed by atoms with Crippen LogP contribution in [-0.4, -0.2) is 42.0 Å². The van der Waals surface area contributed by atoms with Gasteiger partial charge in [0.1, 0.15) is 6.04 Å². The molecule has 140 valence electrons. The number of allylic oxidation sites excluding steroid dienone is 1. The van der Waals surface area contributed by atoms with Crippen molar-refractivity contribution in [2.45, 2.75) is 25.4 Å². The van der Waals surface area contributed by atoms with Crippen LogP contribution < -0.4 is 4.80 Å². The molecular weight excluding hydrogens is 417 g/mol. The topological polar surface area (TPSA) is 71.7 Å². The molecule has 10 heteroatoms. The fourth-order valence-electron chi connectivity index (χ4n) is 3.05. The van der Waals surface area contributed by atoms with Crippen LogP contribution in [0.2, 0.25) is 10.0 Å². The van der Waals surface area contributed by atoms with Gasteiger partial charge in [-0.2, -0.15) is 9.30 Å². The maximum atomic E-state index is 12.7. The molecule has 3 rings (SSSR count). The highest BCUT2D eigenvalue weighted by Gasteiger charge is 2.36. The van der Waals surface area contributed by atoms with Crippen LogP contribution in [0.1, 0.15) is 12.8 Å². The first-order valence-corrected chi connectivity index (χ1v) is 11.3. The van der Waals surface area contributed by atoms with Crippen molar-refractivity contribution in [2.75, 3.05) is 12.8 Å². The third kappa shape index (κ3) is 3.61. The van der Waals surface area contributed by atoms with Gasteiger partial charge < -0.3 is 4.57 Å². The number of fused-ring (bicyclic) bond motifs is 1. The van der Waals surface area contributed by atoms with Crippen molar-refractivity contribution in [1.82, 2.24) is 8.87 Å². The molecule has 0 aliphatic carbocycles. The number of benzene rings is 1. The molecule has 0 spiro atoms. The van der Waals surface area contributed by atoms with E-state index in [2.05, 4.69) is 11.6 Å². The number of hydrogen-bond donors (Lipinski definition) is 0. The van der Waals surface area contributed by atoms with Crippen LogP contribution in [0.3, 0.4) is 0 Å². The Balaban J connectivity index is 2.14.